The summed E-state index contributed by atoms with van der Waals surface area (Å²) in [4.78, 5) is 27.7. The largest absolute Gasteiger partial charge is 0.507 e. The summed E-state index contributed by atoms with van der Waals surface area (Å²) >= 11 is 0. The molecule has 1 aliphatic heterocycles. The van der Waals surface area contributed by atoms with Gasteiger partial charge in [-0.2, -0.15) is 0 Å². The molecule has 1 N–H and O–H groups in total. The number of Topliss-reactive ketones (excluding diaryl/α,β-unsaturated/α-hetero) is 1. The zero-order valence-corrected chi connectivity index (χ0v) is 17.5. The number of carbonyl (C=O) groups excluding carboxylic acids is 2. The Balaban J connectivity index is 2.01. The van der Waals surface area contributed by atoms with Crippen molar-refractivity contribution in [3.8, 4) is 0 Å². The number of carbonyl (C=O) groups is 2. The maximum Gasteiger partial charge on any atom is 0.295 e. The van der Waals surface area contributed by atoms with Gasteiger partial charge in [-0.05, 0) is 48.2 Å². The minimum Gasteiger partial charge on any atom is -0.507 e. The molecule has 152 valence electrons. The molecule has 4 rings (SSSR count). The monoisotopic (exact) mass is 399 g/mol. The smallest absolute Gasteiger partial charge is 0.295 e. The number of aryl methyl sites for hydroxylation is 2. The molecule has 4 nitrogen and oxygen atoms in total. The SMILES string of the molecule is CCCN1C(=O)C(=O)/C(=C(/O)c2cc(C)ccc2C)C1c1cccc2ccccc12. The summed E-state index contributed by atoms with van der Waals surface area (Å²) in [6.07, 6.45) is 0.720. The third-order valence-corrected chi connectivity index (χ3v) is 5.77. The molecule has 0 bridgehead atoms. The highest BCUT2D eigenvalue weighted by atomic mass is 16.3. The molecule has 3 aromatic carbocycles. The molecular formula is C26H25NO3. The predicted molar refractivity (Wildman–Crippen MR) is 119 cm³/mol. The van der Waals surface area contributed by atoms with E-state index in [4.69, 9.17) is 0 Å². The molecule has 3 aromatic rings. The van der Waals surface area contributed by atoms with Crippen LogP contribution in [0.25, 0.3) is 16.5 Å². The van der Waals surface area contributed by atoms with Crippen molar-refractivity contribution in [3.63, 3.8) is 0 Å². The quantitative estimate of drug-likeness (QED) is 0.368. The first-order chi connectivity index (χ1) is 14.4. The second-order valence-electron chi connectivity index (χ2n) is 7.88. The van der Waals surface area contributed by atoms with Crippen LogP contribution in [0.15, 0.2) is 66.2 Å². The Morgan fingerprint density at radius 3 is 2.50 bits per heavy atom. The fourth-order valence-electron chi connectivity index (χ4n) is 4.30. The number of hydrogen-bond acceptors (Lipinski definition) is 3. The molecule has 0 spiro atoms. The van der Waals surface area contributed by atoms with Crippen LogP contribution in [0.2, 0.25) is 0 Å². The fourth-order valence-corrected chi connectivity index (χ4v) is 4.30. The summed E-state index contributed by atoms with van der Waals surface area (Å²) in [6.45, 7) is 6.25. The lowest BCUT2D eigenvalue weighted by molar-refractivity contribution is -0.139. The van der Waals surface area contributed by atoms with Gasteiger partial charge < -0.3 is 10.0 Å². The van der Waals surface area contributed by atoms with E-state index in [0.29, 0.717) is 12.1 Å². The third kappa shape index (κ3) is 3.18. The second kappa shape index (κ2) is 7.79. The second-order valence-corrected chi connectivity index (χ2v) is 7.88. The molecule has 1 amide bonds. The van der Waals surface area contributed by atoms with Gasteiger partial charge in [-0.1, -0.05) is 67.1 Å². The van der Waals surface area contributed by atoms with Crippen molar-refractivity contribution >= 4 is 28.2 Å². The van der Waals surface area contributed by atoms with E-state index in [-0.39, 0.29) is 11.3 Å². The highest BCUT2D eigenvalue weighted by Gasteiger charge is 2.46. The average Bonchev–Trinajstić information content (AvgIpc) is 2.99. The standard InChI is InChI=1S/C26H25NO3/c1-4-14-27-23(20-11-7-9-18-8-5-6-10-19(18)20)22(25(29)26(27)30)24(28)21-15-16(2)12-13-17(21)3/h5-13,15,23,28H,4,14H2,1-3H3/b24-22+. The Kier molecular flexibility index (Phi) is 5.17. The van der Waals surface area contributed by atoms with Gasteiger partial charge in [0.05, 0.1) is 11.6 Å². The van der Waals surface area contributed by atoms with Crippen molar-refractivity contribution in [1.29, 1.82) is 0 Å². The summed E-state index contributed by atoms with van der Waals surface area (Å²) in [5, 5.41) is 13.3. The molecular weight excluding hydrogens is 374 g/mol. The van der Waals surface area contributed by atoms with E-state index in [9.17, 15) is 14.7 Å². The number of fused-ring (bicyclic) bond motifs is 1. The minimum atomic E-state index is -0.625. The van der Waals surface area contributed by atoms with Gasteiger partial charge in [0, 0.05) is 12.1 Å². The number of amides is 1. The van der Waals surface area contributed by atoms with E-state index in [1.54, 1.807) is 4.90 Å². The summed E-state index contributed by atoms with van der Waals surface area (Å²) in [5.41, 5.74) is 3.45. The van der Waals surface area contributed by atoms with Crippen molar-refractivity contribution in [2.45, 2.75) is 33.2 Å². The minimum absolute atomic E-state index is 0.105. The van der Waals surface area contributed by atoms with E-state index in [2.05, 4.69) is 0 Å². The number of ketones is 1. The van der Waals surface area contributed by atoms with Gasteiger partial charge in [-0.15, -0.1) is 0 Å². The van der Waals surface area contributed by atoms with Crippen molar-refractivity contribution < 1.29 is 14.7 Å². The Bertz CT molecular complexity index is 1190. The fraction of sp³-hybridized carbons (Fsp3) is 0.231. The summed E-state index contributed by atoms with van der Waals surface area (Å²) < 4.78 is 0. The Hall–Kier alpha value is -3.40. The van der Waals surface area contributed by atoms with Crippen LogP contribution in [0.1, 0.15) is 41.6 Å². The molecule has 0 saturated carbocycles. The number of aliphatic hydroxyl groups excluding tert-OH is 1. The van der Waals surface area contributed by atoms with Crippen molar-refractivity contribution in [2.24, 2.45) is 0 Å². The molecule has 0 aliphatic carbocycles. The summed E-state index contributed by atoms with van der Waals surface area (Å²) in [5.74, 6) is -1.28. The van der Waals surface area contributed by atoms with Crippen molar-refractivity contribution in [3.05, 3.63) is 88.5 Å². The van der Waals surface area contributed by atoms with Gasteiger partial charge in [0.1, 0.15) is 5.76 Å². The zero-order valence-electron chi connectivity index (χ0n) is 17.5. The molecule has 1 fully saturated rings. The maximum absolute atomic E-state index is 13.1. The molecule has 1 aliphatic rings. The molecule has 1 heterocycles. The van der Waals surface area contributed by atoms with Gasteiger partial charge >= 0.3 is 0 Å². The van der Waals surface area contributed by atoms with Gasteiger partial charge in [0.15, 0.2) is 0 Å². The number of benzene rings is 3. The van der Waals surface area contributed by atoms with Crippen LogP contribution in [-0.2, 0) is 9.59 Å². The number of likely N-dealkylation sites (tertiary alicyclic amines) is 1. The summed E-state index contributed by atoms with van der Waals surface area (Å²) in [6, 6.07) is 18.9. The molecule has 0 radical (unpaired) electrons. The lowest BCUT2D eigenvalue weighted by Crippen LogP contribution is -2.30. The number of rotatable bonds is 4. The Morgan fingerprint density at radius 2 is 1.73 bits per heavy atom. The highest BCUT2D eigenvalue weighted by molar-refractivity contribution is 6.46. The van der Waals surface area contributed by atoms with Crippen LogP contribution in [-0.4, -0.2) is 28.2 Å². The van der Waals surface area contributed by atoms with E-state index in [1.807, 2.05) is 81.4 Å². The van der Waals surface area contributed by atoms with Crippen LogP contribution in [0.4, 0.5) is 0 Å². The maximum atomic E-state index is 13.1. The molecule has 1 atom stereocenters. The van der Waals surface area contributed by atoms with E-state index < -0.39 is 17.7 Å². The van der Waals surface area contributed by atoms with Crippen LogP contribution in [0.5, 0.6) is 0 Å². The Labute approximate surface area is 176 Å². The predicted octanol–water partition coefficient (Wildman–Crippen LogP) is 5.29. The van der Waals surface area contributed by atoms with Crippen molar-refractivity contribution in [2.75, 3.05) is 6.54 Å². The zero-order chi connectivity index (χ0) is 21.4. The topological polar surface area (TPSA) is 57.6 Å². The molecule has 30 heavy (non-hydrogen) atoms. The normalized spacial score (nSPS) is 18.4. The van der Waals surface area contributed by atoms with E-state index >= 15 is 0 Å². The van der Waals surface area contributed by atoms with Crippen LogP contribution in [0.3, 0.4) is 0 Å². The lowest BCUT2D eigenvalue weighted by atomic mass is 9.90. The van der Waals surface area contributed by atoms with E-state index in [1.165, 1.54) is 0 Å². The molecule has 1 saturated heterocycles. The van der Waals surface area contributed by atoms with Crippen LogP contribution < -0.4 is 0 Å². The number of hydrogen-bond donors (Lipinski definition) is 1. The van der Waals surface area contributed by atoms with Gasteiger partial charge in [0.2, 0.25) is 0 Å². The number of aliphatic hydroxyl groups is 1. The Morgan fingerprint density at radius 1 is 1.00 bits per heavy atom. The van der Waals surface area contributed by atoms with Gasteiger partial charge in [-0.25, -0.2) is 0 Å². The van der Waals surface area contributed by atoms with Gasteiger partial charge in [0.25, 0.3) is 11.7 Å². The highest BCUT2D eigenvalue weighted by Crippen LogP contribution is 2.42. The first-order valence-electron chi connectivity index (χ1n) is 10.3. The number of nitrogens with zero attached hydrogens (tertiary/aromatic N) is 1. The molecule has 0 aromatic heterocycles. The molecule has 4 heteroatoms. The van der Waals surface area contributed by atoms with Crippen molar-refractivity contribution in [1.82, 2.24) is 4.90 Å². The lowest BCUT2D eigenvalue weighted by Gasteiger charge is -2.26. The first-order valence-corrected chi connectivity index (χ1v) is 10.3. The molecule has 1 unspecified atom stereocenters. The van der Waals surface area contributed by atoms with Crippen LogP contribution in [0, 0.1) is 13.8 Å². The first kappa shape index (κ1) is 19.9. The average molecular weight is 399 g/mol. The van der Waals surface area contributed by atoms with E-state index in [0.717, 1.165) is 33.9 Å². The summed E-state index contributed by atoms with van der Waals surface area (Å²) in [7, 11) is 0. The van der Waals surface area contributed by atoms with Crippen LogP contribution >= 0.6 is 0 Å². The van der Waals surface area contributed by atoms with Gasteiger partial charge in [-0.3, -0.25) is 9.59 Å². The third-order valence-electron chi connectivity index (χ3n) is 5.77.